The van der Waals surface area contributed by atoms with Crippen molar-refractivity contribution < 1.29 is 71.4 Å². The second-order valence-electron chi connectivity index (χ2n) is 6.62. The van der Waals surface area contributed by atoms with E-state index in [0.717, 1.165) is 0 Å². The van der Waals surface area contributed by atoms with E-state index in [1.165, 1.54) is 0 Å². The molecule has 2 rings (SSSR count). The molecule has 0 aromatic heterocycles. The third kappa shape index (κ3) is 3.19. The number of rotatable bonds is 3. The smallest absolute Gasteiger partial charge is 0.417 e. The zero-order valence-electron chi connectivity index (χ0n) is 14.8. The number of carbonyl (C=O) groups is 1. The SMILES string of the molecule is O=C(/C=C(\O)c1ccc(C(F)(F)F)c(Cl)c1)C1(F)C(F)(F)C(F)(F)C(F)(F)C(F)(F)C1(F)F. The molecule has 0 radical (unpaired) electrons. The van der Waals surface area contributed by atoms with Crippen LogP contribution in [0.25, 0.3) is 5.76 Å². The number of ketones is 1. The second kappa shape index (κ2) is 7.12. The van der Waals surface area contributed by atoms with Gasteiger partial charge in [0.05, 0.1) is 10.6 Å². The molecule has 1 fully saturated rings. The lowest BCUT2D eigenvalue weighted by Crippen LogP contribution is -2.85. The van der Waals surface area contributed by atoms with Gasteiger partial charge in [-0.25, -0.2) is 4.39 Å². The number of aliphatic hydroxyl groups excluding tert-OH is 1. The molecule has 33 heavy (non-hydrogen) atoms. The molecular weight excluding hydrogens is 526 g/mol. The quantitative estimate of drug-likeness (QED) is 0.268. The Morgan fingerprint density at radius 2 is 1.18 bits per heavy atom. The van der Waals surface area contributed by atoms with Gasteiger partial charge in [-0.05, 0) is 12.1 Å². The standard InChI is InChI=1S/C16H5ClF14O2/c17-7-3-5(1-2-6(7)11(19,20)21)8(32)4-9(33)10(18)12(22,23)14(26,27)16(30,31)15(28,29)13(10,24)25/h1-4,32H/b8-4-. The molecule has 1 aromatic rings. The highest BCUT2D eigenvalue weighted by Gasteiger charge is 3.02. The highest BCUT2D eigenvalue weighted by molar-refractivity contribution is 6.31. The minimum absolute atomic E-state index is 0.0874. The summed E-state index contributed by atoms with van der Waals surface area (Å²) in [5, 5.41) is 8.32. The van der Waals surface area contributed by atoms with E-state index >= 15 is 0 Å². The molecule has 2 nitrogen and oxygen atoms in total. The maximum atomic E-state index is 14.6. The Labute approximate surface area is 177 Å². The van der Waals surface area contributed by atoms with Gasteiger partial charge in [0.15, 0.2) is 0 Å². The average Bonchev–Trinajstić information content (AvgIpc) is 2.64. The van der Waals surface area contributed by atoms with Crippen LogP contribution < -0.4 is 0 Å². The van der Waals surface area contributed by atoms with E-state index in [0.29, 0.717) is 0 Å². The fourth-order valence-electron chi connectivity index (χ4n) is 2.74. The molecule has 0 aliphatic heterocycles. The van der Waals surface area contributed by atoms with Gasteiger partial charge in [0.2, 0.25) is 5.78 Å². The predicted octanol–water partition coefficient (Wildman–Crippen LogP) is 6.73. The van der Waals surface area contributed by atoms with Crippen LogP contribution in [0.5, 0.6) is 0 Å². The summed E-state index contributed by atoms with van der Waals surface area (Å²) in [5.41, 5.74) is -9.74. The second-order valence-corrected chi connectivity index (χ2v) is 7.02. The van der Waals surface area contributed by atoms with Gasteiger partial charge in [-0.3, -0.25) is 4.79 Å². The molecule has 1 saturated carbocycles. The Morgan fingerprint density at radius 1 is 0.788 bits per heavy atom. The van der Waals surface area contributed by atoms with Crippen molar-refractivity contribution in [2.75, 3.05) is 0 Å². The third-order valence-electron chi connectivity index (χ3n) is 4.62. The van der Waals surface area contributed by atoms with E-state index in [2.05, 4.69) is 0 Å². The molecule has 0 unspecified atom stereocenters. The van der Waals surface area contributed by atoms with Crippen LogP contribution in [-0.4, -0.2) is 46.2 Å². The average molecular weight is 531 g/mol. The first-order chi connectivity index (χ1) is 14.4. The van der Waals surface area contributed by atoms with Gasteiger partial charge in [0, 0.05) is 11.6 Å². The van der Waals surface area contributed by atoms with Gasteiger partial charge in [0.1, 0.15) is 5.76 Å². The van der Waals surface area contributed by atoms with Crippen molar-refractivity contribution in [1.82, 2.24) is 0 Å². The predicted molar refractivity (Wildman–Crippen MR) is 80.6 cm³/mol. The van der Waals surface area contributed by atoms with E-state index in [-0.39, 0.29) is 18.2 Å². The zero-order chi connectivity index (χ0) is 26.2. The lowest BCUT2D eigenvalue weighted by Gasteiger charge is -2.51. The highest BCUT2D eigenvalue weighted by atomic mass is 35.5. The van der Waals surface area contributed by atoms with Crippen molar-refractivity contribution in [1.29, 1.82) is 0 Å². The summed E-state index contributed by atoms with van der Waals surface area (Å²) in [6.45, 7) is 0. The molecule has 1 N–H and O–H groups in total. The first-order valence-corrected chi connectivity index (χ1v) is 8.21. The highest BCUT2D eigenvalue weighted by Crippen LogP contribution is 2.69. The summed E-state index contributed by atoms with van der Waals surface area (Å²) in [7, 11) is 0. The van der Waals surface area contributed by atoms with Crippen LogP contribution in [0.4, 0.5) is 61.5 Å². The molecular formula is C16H5ClF14O2. The monoisotopic (exact) mass is 530 g/mol. The Hall–Kier alpha value is -2.26. The van der Waals surface area contributed by atoms with Gasteiger partial charge in [-0.1, -0.05) is 17.7 Å². The number of allylic oxidation sites excluding steroid dienone is 1. The summed E-state index contributed by atoms with van der Waals surface area (Å²) in [6, 6.07) is 0.431. The molecule has 0 saturated heterocycles. The van der Waals surface area contributed by atoms with Crippen molar-refractivity contribution >= 4 is 23.1 Å². The van der Waals surface area contributed by atoms with Gasteiger partial charge in [-0.15, -0.1) is 0 Å². The fraction of sp³-hybridized carbons (Fsp3) is 0.438. The van der Waals surface area contributed by atoms with Gasteiger partial charge in [-0.2, -0.15) is 57.1 Å². The third-order valence-corrected chi connectivity index (χ3v) is 4.93. The summed E-state index contributed by atoms with van der Waals surface area (Å²) in [5.74, 6) is -43.3. The van der Waals surface area contributed by atoms with Crippen LogP contribution in [-0.2, 0) is 11.0 Å². The Balaban J connectivity index is 2.68. The number of halogens is 15. The number of hydrogen-bond donors (Lipinski definition) is 1. The molecule has 0 heterocycles. The summed E-state index contributed by atoms with van der Waals surface area (Å²) < 4.78 is 188. The van der Waals surface area contributed by atoms with Crippen molar-refractivity contribution in [2.45, 2.75) is 41.5 Å². The Morgan fingerprint density at radius 3 is 1.55 bits per heavy atom. The normalized spacial score (nSPS) is 24.9. The molecule has 1 aliphatic rings. The first kappa shape index (κ1) is 27.0. The van der Waals surface area contributed by atoms with Crippen LogP contribution in [0.1, 0.15) is 11.1 Å². The number of alkyl halides is 14. The molecule has 0 atom stereocenters. The van der Waals surface area contributed by atoms with Gasteiger partial charge >= 0.3 is 41.5 Å². The minimum Gasteiger partial charge on any atom is -0.507 e. The molecule has 1 aliphatic carbocycles. The van der Waals surface area contributed by atoms with Crippen LogP contribution >= 0.6 is 11.6 Å². The maximum absolute atomic E-state index is 14.6. The Bertz CT molecular complexity index is 981. The molecule has 0 amide bonds. The van der Waals surface area contributed by atoms with Crippen LogP contribution in [0.3, 0.4) is 0 Å². The fourth-order valence-corrected chi connectivity index (χ4v) is 3.03. The molecule has 0 spiro atoms. The maximum Gasteiger partial charge on any atom is 0.417 e. The summed E-state index contributed by atoms with van der Waals surface area (Å²) >= 11 is 5.23. The van der Waals surface area contributed by atoms with E-state index in [1.54, 1.807) is 0 Å². The first-order valence-electron chi connectivity index (χ1n) is 7.83. The van der Waals surface area contributed by atoms with Crippen molar-refractivity contribution in [3.05, 3.63) is 40.4 Å². The summed E-state index contributed by atoms with van der Waals surface area (Å²) in [6.07, 6.45) is -6.18. The molecule has 1 aromatic carbocycles. The van der Waals surface area contributed by atoms with Crippen LogP contribution in [0.2, 0.25) is 5.02 Å². The summed E-state index contributed by atoms with van der Waals surface area (Å²) in [4.78, 5) is 11.7. The number of benzene rings is 1. The topological polar surface area (TPSA) is 37.3 Å². The van der Waals surface area contributed by atoms with E-state index in [1.807, 2.05) is 0 Å². The largest absolute Gasteiger partial charge is 0.507 e. The lowest BCUT2D eigenvalue weighted by molar-refractivity contribution is -0.475. The van der Waals surface area contributed by atoms with Crippen LogP contribution in [0, 0.1) is 0 Å². The Kier molecular flexibility index (Phi) is 5.82. The van der Waals surface area contributed by atoms with Crippen molar-refractivity contribution in [3.8, 4) is 0 Å². The molecule has 186 valence electrons. The molecule has 17 heteroatoms. The van der Waals surface area contributed by atoms with Crippen molar-refractivity contribution in [2.24, 2.45) is 0 Å². The lowest BCUT2D eigenvalue weighted by atomic mass is 9.70. The van der Waals surface area contributed by atoms with Crippen molar-refractivity contribution in [3.63, 3.8) is 0 Å². The van der Waals surface area contributed by atoms with E-state index in [9.17, 15) is 71.4 Å². The number of carbonyl (C=O) groups excluding carboxylic acids is 1. The zero-order valence-corrected chi connectivity index (χ0v) is 15.6. The number of aliphatic hydroxyl groups is 1. The van der Waals surface area contributed by atoms with Gasteiger partial charge in [0.25, 0.3) is 0 Å². The van der Waals surface area contributed by atoms with Crippen LogP contribution in [0.15, 0.2) is 24.3 Å². The van der Waals surface area contributed by atoms with Gasteiger partial charge < -0.3 is 5.11 Å². The number of hydrogen-bond acceptors (Lipinski definition) is 2. The molecule has 0 bridgehead atoms. The minimum atomic E-state index is -7.55. The van der Waals surface area contributed by atoms with E-state index in [4.69, 9.17) is 11.6 Å². The van der Waals surface area contributed by atoms with E-state index < -0.39 is 75.2 Å².